The second kappa shape index (κ2) is 4.11. The molecule has 1 N–H and O–H groups in total. The molecule has 1 aliphatic rings. The Morgan fingerprint density at radius 3 is 3.08 bits per heavy atom. The molecule has 13 heavy (non-hydrogen) atoms. The molecular weight excluding hydrogens is 198 g/mol. The predicted molar refractivity (Wildman–Crippen MR) is 62.4 cm³/mol. The van der Waals surface area contributed by atoms with Gasteiger partial charge in [-0.1, -0.05) is 30.5 Å². The first kappa shape index (κ1) is 9.03. The van der Waals surface area contributed by atoms with Crippen LogP contribution >= 0.6 is 23.5 Å². The molecule has 0 bridgehead atoms. The average molecular weight is 209 g/mol. The topological polar surface area (TPSA) is 12.0 Å². The zero-order valence-electron chi connectivity index (χ0n) is 7.25. The van der Waals surface area contributed by atoms with E-state index < -0.39 is 0 Å². The van der Waals surface area contributed by atoms with Crippen LogP contribution in [0.15, 0.2) is 40.0 Å². The van der Waals surface area contributed by atoms with E-state index in [-0.39, 0.29) is 0 Å². The molecule has 3 heteroatoms. The molecule has 0 atom stereocenters. The third kappa shape index (κ3) is 2.23. The summed E-state index contributed by atoms with van der Waals surface area (Å²) >= 11 is 3.57. The summed E-state index contributed by atoms with van der Waals surface area (Å²) in [5, 5.41) is 3.40. The van der Waals surface area contributed by atoms with Crippen LogP contribution in [0.5, 0.6) is 0 Å². The Morgan fingerprint density at radius 1 is 1.31 bits per heavy atom. The fourth-order valence-corrected chi connectivity index (χ4v) is 3.03. The minimum Gasteiger partial charge on any atom is -0.383 e. The van der Waals surface area contributed by atoms with Crippen molar-refractivity contribution in [3.63, 3.8) is 0 Å². The van der Waals surface area contributed by atoms with E-state index in [0.29, 0.717) is 0 Å². The van der Waals surface area contributed by atoms with Gasteiger partial charge >= 0.3 is 0 Å². The van der Waals surface area contributed by atoms with Crippen molar-refractivity contribution < 1.29 is 0 Å². The lowest BCUT2D eigenvalue weighted by molar-refractivity contribution is 1.20. The SMILES string of the molecule is C=C1SCCNc2ccccc2S1. The number of para-hydroxylation sites is 1. The highest BCUT2D eigenvalue weighted by molar-refractivity contribution is 8.22. The Kier molecular flexibility index (Phi) is 2.86. The lowest BCUT2D eigenvalue weighted by Gasteiger charge is -2.15. The highest BCUT2D eigenvalue weighted by atomic mass is 32.2. The van der Waals surface area contributed by atoms with Crippen molar-refractivity contribution in [2.24, 2.45) is 0 Å². The molecule has 2 rings (SSSR count). The fourth-order valence-electron chi connectivity index (χ4n) is 1.20. The Bertz CT molecular complexity index is 322. The largest absolute Gasteiger partial charge is 0.383 e. The van der Waals surface area contributed by atoms with Crippen LogP contribution in [0.25, 0.3) is 0 Å². The van der Waals surface area contributed by atoms with Crippen LogP contribution < -0.4 is 5.32 Å². The van der Waals surface area contributed by atoms with E-state index in [1.807, 2.05) is 11.8 Å². The molecule has 0 fully saturated rings. The lowest BCUT2D eigenvalue weighted by Crippen LogP contribution is -2.06. The highest BCUT2D eigenvalue weighted by Crippen LogP contribution is 2.38. The van der Waals surface area contributed by atoms with Crippen molar-refractivity contribution >= 4 is 29.2 Å². The Labute approximate surface area is 87.0 Å². The molecular formula is C10H11NS2. The minimum atomic E-state index is 1.02. The molecule has 0 saturated carbocycles. The summed E-state index contributed by atoms with van der Waals surface area (Å²) in [5.41, 5.74) is 1.23. The minimum absolute atomic E-state index is 1.02. The number of fused-ring (bicyclic) bond motifs is 1. The first-order valence-electron chi connectivity index (χ1n) is 4.19. The predicted octanol–water partition coefficient (Wildman–Crippen LogP) is 3.41. The monoisotopic (exact) mass is 209 g/mol. The van der Waals surface area contributed by atoms with E-state index in [9.17, 15) is 0 Å². The molecule has 1 aromatic rings. The quantitative estimate of drug-likeness (QED) is 0.703. The maximum atomic E-state index is 4.01. The third-order valence-electron chi connectivity index (χ3n) is 1.79. The fraction of sp³-hybridized carbons (Fsp3) is 0.200. The summed E-state index contributed by atoms with van der Waals surface area (Å²) in [4.78, 5) is 1.28. The van der Waals surface area contributed by atoms with Crippen molar-refractivity contribution in [1.82, 2.24) is 0 Å². The molecule has 0 saturated heterocycles. The van der Waals surface area contributed by atoms with Crippen LogP contribution in [0.4, 0.5) is 5.69 Å². The summed E-state index contributed by atoms with van der Waals surface area (Å²) in [5.74, 6) is 1.10. The van der Waals surface area contributed by atoms with Gasteiger partial charge in [-0.05, 0) is 12.1 Å². The maximum Gasteiger partial charge on any atom is 0.0482 e. The standard InChI is InChI=1S/C10H11NS2/c1-8-12-7-6-11-9-4-2-3-5-10(9)13-8/h2-5,11H,1,6-7H2. The summed E-state index contributed by atoms with van der Waals surface area (Å²) in [6, 6.07) is 8.37. The van der Waals surface area contributed by atoms with Gasteiger partial charge in [-0.3, -0.25) is 0 Å². The van der Waals surface area contributed by atoms with Crippen LogP contribution in [-0.2, 0) is 0 Å². The number of nitrogens with one attached hydrogen (secondary N) is 1. The zero-order valence-corrected chi connectivity index (χ0v) is 8.88. The van der Waals surface area contributed by atoms with Gasteiger partial charge in [-0.25, -0.2) is 0 Å². The van der Waals surface area contributed by atoms with Gasteiger partial charge in [-0.15, -0.1) is 11.8 Å². The number of thioether (sulfide) groups is 2. The summed E-state index contributed by atoms with van der Waals surface area (Å²) in [6.45, 7) is 5.03. The van der Waals surface area contributed by atoms with Gasteiger partial charge in [0.05, 0.1) is 0 Å². The number of hydrogen-bond acceptors (Lipinski definition) is 3. The van der Waals surface area contributed by atoms with Gasteiger partial charge < -0.3 is 5.32 Å². The van der Waals surface area contributed by atoms with Crippen molar-refractivity contribution in [1.29, 1.82) is 0 Å². The van der Waals surface area contributed by atoms with Crippen molar-refractivity contribution in [2.75, 3.05) is 17.6 Å². The first-order chi connectivity index (χ1) is 6.36. The normalized spacial score (nSPS) is 16.8. The van der Waals surface area contributed by atoms with Crippen molar-refractivity contribution in [2.45, 2.75) is 4.90 Å². The molecule has 1 aromatic carbocycles. The van der Waals surface area contributed by atoms with Gasteiger partial charge in [0.25, 0.3) is 0 Å². The van der Waals surface area contributed by atoms with Gasteiger partial charge in [0, 0.05) is 27.1 Å². The summed E-state index contributed by atoms with van der Waals surface area (Å²) in [7, 11) is 0. The molecule has 0 aromatic heterocycles. The van der Waals surface area contributed by atoms with Crippen LogP contribution in [0, 0.1) is 0 Å². The molecule has 68 valence electrons. The van der Waals surface area contributed by atoms with Crippen molar-refractivity contribution in [3.05, 3.63) is 35.1 Å². The van der Waals surface area contributed by atoms with E-state index in [4.69, 9.17) is 0 Å². The van der Waals surface area contributed by atoms with Crippen LogP contribution in [0.1, 0.15) is 0 Å². The van der Waals surface area contributed by atoms with E-state index in [2.05, 4.69) is 36.2 Å². The number of benzene rings is 1. The molecule has 0 amide bonds. The second-order valence-corrected chi connectivity index (χ2v) is 5.33. The number of anilines is 1. The molecule has 0 unspecified atom stereocenters. The number of hydrogen-bond donors (Lipinski definition) is 1. The van der Waals surface area contributed by atoms with Crippen LogP contribution in [0.3, 0.4) is 0 Å². The van der Waals surface area contributed by atoms with E-state index in [0.717, 1.165) is 12.3 Å². The Hall–Kier alpha value is -0.540. The Morgan fingerprint density at radius 2 is 2.15 bits per heavy atom. The van der Waals surface area contributed by atoms with Gasteiger partial charge in [0.15, 0.2) is 0 Å². The van der Waals surface area contributed by atoms with E-state index in [1.54, 1.807) is 11.8 Å². The molecule has 0 spiro atoms. The third-order valence-corrected chi connectivity index (χ3v) is 3.93. The smallest absolute Gasteiger partial charge is 0.0482 e. The number of rotatable bonds is 0. The lowest BCUT2D eigenvalue weighted by atomic mass is 10.3. The van der Waals surface area contributed by atoms with Crippen LogP contribution in [0.2, 0.25) is 0 Å². The van der Waals surface area contributed by atoms with Gasteiger partial charge in [-0.2, -0.15) is 0 Å². The molecule has 1 aliphatic heterocycles. The molecule has 1 heterocycles. The zero-order chi connectivity index (χ0) is 9.10. The average Bonchev–Trinajstić information content (AvgIpc) is 2.11. The molecule has 0 aliphatic carbocycles. The van der Waals surface area contributed by atoms with Gasteiger partial charge in [0.2, 0.25) is 0 Å². The summed E-state index contributed by atoms with van der Waals surface area (Å²) in [6.07, 6.45) is 0. The molecule has 1 nitrogen and oxygen atoms in total. The highest BCUT2D eigenvalue weighted by Gasteiger charge is 2.07. The Balaban J connectivity index is 2.30. The van der Waals surface area contributed by atoms with Crippen molar-refractivity contribution in [3.8, 4) is 0 Å². The second-order valence-electron chi connectivity index (χ2n) is 2.75. The van der Waals surface area contributed by atoms with E-state index >= 15 is 0 Å². The van der Waals surface area contributed by atoms with Gasteiger partial charge in [0.1, 0.15) is 0 Å². The van der Waals surface area contributed by atoms with Crippen LogP contribution in [-0.4, -0.2) is 12.3 Å². The summed E-state index contributed by atoms with van der Waals surface area (Å²) < 4.78 is 1.19. The maximum absolute atomic E-state index is 4.01. The van der Waals surface area contributed by atoms with E-state index in [1.165, 1.54) is 14.8 Å². The molecule has 0 radical (unpaired) electrons. The first-order valence-corrected chi connectivity index (χ1v) is 5.99.